The number of aryl methyl sites for hydroxylation is 2. The Hall–Kier alpha value is -0.480. The summed E-state index contributed by atoms with van der Waals surface area (Å²) < 4.78 is 2.06. The molecule has 1 atom stereocenters. The third-order valence-electron chi connectivity index (χ3n) is 2.30. The molecule has 0 aromatic carbocycles. The lowest BCUT2D eigenvalue weighted by molar-refractivity contribution is 0.638. The smallest absolute Gasteiger partial charge is 0.108 e. The van der Waals surface area contributed by atoms with E-state index in [0.29, 0.717) is 5.25 Å². The Balaban J connectivity index is 2.22. The van der Waals surface area contributed by atoms with Crippen LogP contribution in [0.3, 0.4) is 0 Å². The van der Waals surface area contributed by atoms with E-state index in [4.69, 9.17) is 5.73 Å². The summed E-state index contributed by atoms with van der Waals surface area (Å²) in [4.78, 5) is 4.28. The minimum atomic E-state index is 0.286. The van der Waals surface area contributed by atoms with Gasteiger partial charge in [0, 0.05) is 37.7 Å². The number of imidazole rings is 1. The van der Waals surface area contributed by atoms with E-state index < -0.39 is 0 Å². The van der Waals surface area contributed by atoms with Crippen LogP contribution in [0.1, 0.15) is 26.1 Å². The predicted octanol–water partition coefficient (Wildman–Crippen LogP) is 1.82. The Morgan fingerprint density at radius 1 is 1.53 bits per heavy atom. The van der Waals surface area contributed by atoms with Crippen LogP contribution >= 0.6 is 11.8 Å². The lowest BCUT2D eigenvalue weighted by Gasteiger charge is -2.12. The van der Waals surface area contributed by atoms with Crippen molar-refractivity contribution in [2.24, 2.45) is 12.8 Å². The molecule has 0 spiro atoms. The number of hydrogen-bond acceptors (Lipinski definition) is 3. The van der Waals surface area contributed by atoms with Crippen LogP contribution in [-0.2, 0) is 13.5 Å². The predicted molar refractivity (Wildman–Crippen MR) is 67.1 cm³/mol. The van der Waals surface area contributed by atoms with Crippen molar-refractivity contribution in [3.63, 3.8) is 0 Å². The first kappa shape index (κ1) is 12.6. The van der Waals surface area contributed by atoms with E-state index in [1.165, 1.54) is 0 Å². The lowest BCUT2D eigenvalue weighted by Crippen LogP contribution is -2.24. The third kappa shape index (κ3) is 4.71. The average Bonchev–Trinajstić information content (AvgIpc) is 2.58. The first-order chi connectivity index (χ1) is 7.09. The van der Waals surface area contributed by atoms with Gasteiger partial charge in [-0.15, -0.1) is 0 Å². The number of nitrogens with two attached hydrogens (primary N) is 1. The van der Waals surface area contributed by atoms with Crippen LogP contribution in [-0.4, -0.2) is 26.6 Å². The maximum atomic E-state index is 6.03. The molecule has 0 aliphatic carbocycles. The number of nitrogens with zero attached hydrogens (tertiary/aromatic N) is 2. The zero-order valence-corrected chi connectivity index (χ0v) is 10.6. The van der Waals surface area contributed by atoms with Gasteiger partial charge in [-0.2, -0.15) is 11.8 Å². The van der Waals surface area contributed by atoms with Crippen molar-refractivity contribution in [2.45, 2.75) is 38.0 Å². The number of hydrogen-bond donors (Lipinski definition) is 1. The Bertz CT molecular complexity index is 283. The van der Waals surface area contributed by atoms with Crippen LogP contribution in [0.5, 0.6) is 0 Å². The first-order valence-corrected chi connectivity index (χ1v) is 6.48. The molecule has 0 bridgehead atoms. The molecule has 4 heteroatoms. The maximum Gasteiger partial charge on any atom is 0.108 e. The van der Waals surface area contributed by atoms with Crippen LogP contribution in [0.25, 0.3) is 0 Å². The molecule has 1 heterocycles. The van der Waals surface area contributed by atoms with Crippen molar-refractivity contribution < 1.29 is 0 Å². The van der Waals surface area contributed by atoms with Gasteiger partial charge in [-0.25, -0.2) is 4.98 Å². The van der Waals surface area contributed by atoms with Crippen molar-refractivity contribution in [3.05, 3.63) is 18.2 Å². The quantitative estimate of drug-likeness (QED) is 0.806. The summed E-state index contributed by atoms with van der Waals surface area (Å²) in [6.45, 7) is 4.41. The van der Waals surface area contributed by atoms with E-state index >= 15 is 0 Å². The van der Waals surface area contributed by atoms with Crippen molar-refractivity contribution >= 4 is 11.8 Å². The molecule has 0 aliphatic heterocycles. The van der Waals surface area contributed by atoms with Gasteiger partial charge in [0.2, 0.25) is 0 Å². The Morgan fingerprint density at radius 2 is 2.27 bits per heavy atom. The highest BCUT2D eigenvalue weighted by atomic mass is 32.2. The molecule has 1 aromatic heterocycles. The zero-order chi connectivity index (χ0) is 11.3. The molecule has 3 nitrogen and oxygen atoms in total. The van der Waals surface area contributed by atoms with Crippen molar-refractivity contribution in [3.8, 4) is 0 Å². The molecule has 1 aromatic rings. The number of aromatic nitrogens is 2. The summed E-state index contributed by atoms with van der Waals surface area (Å²) >= 11 is 1.93. The Kier molecular flexibility index (Phi) is 5.19. The van der Waals surface area contributed by atoms with E-state index in [0.717, 1.165) is 24.4 Å². The molecular formula is C11H21N3S. The van der Waals surface area contributed by atoms with Gasteiger partial charge < -0.3 is 10.3 Å². The van der Waals surface area contributed by atoms with Gasteiger partial charge in [-0.05, 0) is 11.7 Å². The highest BCUT2D eigenvalue weighted by Gasteiger charge is 2.06. The van der Waals surface area contributed by atoms with Gasteiger partial charge in [0.25, 0.3) is 0 Å². The van der Waals surface area contributed by atoms with Crippen LogP contribution in [0.4, 0.5) is 0 Å². The van der Waals surface area contributed by atoms with Crippen LogP contribution in [0.15, 0.2) is 12.4 Å². The molecule has 0 aliphatic rings. The van der Waals surface area contributed by atoms with E-state index in [1.54, 1.807) is 0 Å². The molecule has 2 N–H and O–H groups in total. The molecule has 0 amide bonds. The first-order valence-electron chi connectivity index (χ1n) is 5.43. The van der Waals surface area contributed by atoms with E-state index in [9.17, 15) is 0 Å². The second-order valence-electron chi connectivity index (χ2n) is 4.14. The minimum Gasteiger partial charge on any atom is -0.338 e. The molecule has 86 valence electrons. The molecule has 1 unspecified atom stereocenters. The molecule has 15 heavy (non-hydrogen) atoms. The van der Waals surface area contributed by atoms with E-state index in [1.807, 2.05) is 31.2 Å². The number of rotatable bonds is 6. The summed E-state index contributed by atoms with van der Waals surface area (Å²) in [5, 5.41) is 0.671. The summed E-state index contributed by atoms with van der Waals surface area (Å²) in [6, 6.07) is 0.286. The molecule has 0 saturated heterocycles. The highest BCUT2D eigenvalue weighted by molar-refractivity contribution is 7.99. The highest BCUT2D eigenvalue weighted by Crippen LogP contribution is 2.12. The van der Waals surface area contributed by atoms with Crippen molar-refractivity contribution in [1.29, 1.82) is 0 Å². The zero-order valence-electron chi connectivity index (χ0n) is 9.81. The average molecular weight is 227 g/mol. The van der Waals surface area contributed by atoms with Crippen molar-refractivity contribution in [1.82, 2.24) is 9.55 Å². The molecule has 0 fully saturated rings. The van der Waals surface area contributed by atoms with Gasteiger partial charge >= 0.3 is 0 Å². The maximum absolute atomic E-state index is 6.03. The normalized spacial score (nSPS) is 13.4. The minimum absolute atomic E-state index is 0.286. The SMILES string of the molecule is CC(C)SCC(N)CCc1nccn1C. The fraction of sp³-hybridized carbons (Fsp3) is 0.727. The van der Waals surface area contributed by atoms with E-state index in [2.05, 4.69) is 23.4 Å². The van der Waals surface area contributed by atoms with Gasteiger partial charge in [-0.1, -0.05) is 13.8 Å². The Labute approximate surface area is 96.5 Å². The standard InChI is InChI=1S/C11H21N3S/c1-9(2)15-8-10(12)4-5-11-13-6-7-14(11)3/h6-7,9-10H,4-5,8,12H2,1-3H3. The van der Waals surface area contributed by atoms with Crippen LogP contribution in [0.2, 0.25) is 0 Å². The summed E-state index contributed by atoms with van der Waals surface area (Å²) in [6.07, 6.45) is 5.81. The molecule has 1 rings (SSSR count). The van der Waals surface area contributed by atoms with Gasteiger partial charge in [0.1, 0.15) is 5.82 Å². The fourth-order valence-corrected chi connectivity index (χ4v) is 2.15. The molecular weight excluding hydrogens is 206 g/mol. The second kappa shape index (κ2) is 6.18. The van der Waals surface area contributed by atoms with Gasteiger partial charge in [0.05, 0.1) is 0 Å². The fourth-order valence-electron chi connectivity index (χ4n) is 1.35. The Morgan fingerprint density at radius 3 is 2.80 bits per heavy atom. The van der Waals surface area contributed by atoms with Crippen LogP contribution in [0, 0.1) is 0 Å². The largest absolute Gasteiger partial charge is 0.338 e. The van der Waals surface area contributed by atoms with Gasteiger partial charge in [0.15, 0.2) is 0 Å². The second-order valence-corrected chi connectivity index (χ2v) is 5.74. The monoisotopic (exact) mass is 227 g/mol. The molecule has 0 saturated carbocycles. The summed E-state index contributed by atoms with van der Waals surface area (Å²) in [5.41, 5.74) is 6.03. The molecule has 0 radical (unpaired) electrons. The lowest BCUT2D eigenvalue weighted by atomic mass is 10.2. The van der Waals surface area contributed by atoms with E-state index in [-0.39, 0.29) is 6.04 Å². The number of thioether (sulfide) groups is 1. The summed E-state index contributed by atoms with van der Waals surface area (Å²) in [7, 11) is 2.02. The van der Waals surface area contributed by atoms with Crippen LogP contribution < -0.4 is 5.73 Å². The van der Waals surface area contributed by atoms with Gasteiger partial charge in [-0.3, -0.25) is 0 Å². The third-order valence-corrected chi connectivity index (χ3v) is 3.59. The topological polar surface area (TPSA) is 43.8 Å². The summed E-state index contributed by atoms with van der Waals surface area (Å²) in [5.74, 6) is 2.17. The van der Waals surface area contributed by atoms with Crippen molar-refractivity contribution in [2.75, 3.05) is 5.75 Å².